The Bertz CT molecular complexity index is 786. The van der Waals surface area contributed by atoms with E-state index in [1.165, 1.54) is 24.5 Å². The predicted octanol–water partition coefficient (Wildman–Crippen LogP) is 0.493. The predicted molar refractivity (Wildman–Crippen MR) is 83.6 cm³/mol. The highest BCUT2D eigenvalue weighted by Gasteiger charge is 2.18. The molecule has 1 atom stereocenters. The Morgan fingerprint density at radius 1 is 1.22 bits per heavy atom. The maximum absolute atomic E-state index is 11.8. The molecule has 0 saturated carbocycles. The number of aliphatic hydroxyl groups excluding tert-OH is 1. The molecule has 23 heavy (non-hydrogen) atoms. The van der Waals surface area contributed by atoms with E-state index >= 15 is 0 Å². The lowest BCUT2D eigenvalue weighted by Crippen LogP contribution is -2.15. The lowest BCUT2D eigenvalue weighted by molar-refractivity contribution is 0.0999. The van der Waals surface area contributed by atoms with Crippen LogP contribution >= 0.6 is 0 Å². The molecule has 0 unspecified atom stereocenters. The van der Waals surface area contributed by atoms with Gasteiger partial charge in [0.25, 0.3) is 5.91 Å². The molecule has 0 spiro atoms. The maximum atomic E-state index is 11.8. The van der Waals surface area contributed by atoms with Gasteiger partial charge in [-0.2, -0.15) is 0 Å². The quantitative estimate of drug-likeness (QED) is 0.792. The first-order chi connectivity index (χ1) is 10.9. The van der Waals surface area contributed by atoms with E-state index in [0.29, 0.717) is 11.4 Å². The number of benzene rings is 1. The van der Waals surface area contributed by atoms with Gasteiger partial charge >= 0.3 is 0 Å². The highest BCUT2D eigenvalue weighted by Crippen LogP contribution is 2.23. The Balaban J connectivity index is 2.32. The van der Waals surface area contributed by atoms with Crippen molar-refractivity contribution < 1.29 is 18.3 Å². The summed E-state index contributed by atoms with van der Waals surface area (Å²) in [6, 6.07) is 6.23. The largest absolute Gasteiger partial charge is 0.395 e. The van der Waals surface area contributed by atoms with Crippen LogP contribution in [0.5, 0.6) is 0 Å². The number of nitrogens with two attached hydrogens (primary N) is 1. The van der Waals surface area contributed by atoms with E-state index in [1.54, 1.807) is 19.1 Å². The highest BCUT2D eigenvalue weighted by atomic mass is 32.2. The second-order valence-electron chi connectivity index (χ2n) is 4.90. The molecule has 0 aliphatic rings. The maximum Gasteiger partial charge on any atom is 0.251 e. The number of rotatable bonds is 6. The van der Waals surface area contributed by atoms with Gasteiger partial charge < -0.3 is 10.8 Å². The molecule has 2 rings (SSSR count). The van der Waals surface area contributed by atoms with Crippen LogP contribution in [-0.4, -0.2) is 41.8 Å². The zero-order chi connectivity index (χ0) is 17.0. The van der Waals surface area contributed by atoms with Gasteiger partial charge in [-0.05, 0) is 17.7 Å². The van der Waals surface area contributed by atoms with Gasteiger partial charge in [0.15, 0.2) is 9.84 Å². The molecular formula is C15H17N3O4S. The van der Waals surface area contributed by atoms with E-state index in [9.17, 15) is 18.3 Å². The fourth-order valence-corrected chi connectivity index (χ4v) is 2.94. The van der Waals surface area contributed by atoms with Crippen molar-refractivity contribution in [3.05, 3.63) is 53.6 Å². The summed E-state index contributed by atoms with van der Waals surface area (Å²) in [5, 5.41) is 9.60. The van der Waals surface area contributed by atoms with Crippen LogP contribution in [0.25, 0.3) is 0 Å². The second-order valence-corrected chi connectivity index (χ2v) is 7.18. The van der Waals surface area contributed by atoms with Crippen molar-refractivity contribution >= 4 is 15.7 Å². The molecule has 1 heterocycles. The van der Waals surface area contributed by atoms with E-state index in [0.717, 1.165) is 0 Å². The normalized spacial score (nSPS) is 12.8. The molecule has 0 saturated heterocycles. The van der Waals surface area contributed by atoms with Gasteiger partial charge in [0.1, 0.15) is 5.82 Å². The van der Waals surface area contributed by atoms with Gasteiger partial charge in [0, 0.05) is 12.4 Å². The van der Waals surface area contributed by atoms with Crippen LogP contribution in [0.2, 0.25) is 0 Å². The smallest absolute Gasteiger partial charge is 0.251 e. The van der Waals surface area contributed by atoms with E-state index in [1.807, 2.05) is 0 Å². The van der Waals surface area contributed by atoms with Crippen molar-refractivity contribution in [3.63, 3.8) is 0 Å². The lowest BCUT2D eigenvalue weighted by atomic mass is 9.99. The molecule has 2 aromatic rings. The number of hydrogen-bond donors (Lipinski definition) is 2. The second kappa shape index (κ2) is 6.84. The van der Waals surface area contributed by atoms with Gasteiger partial charge in [0.05, 0.1) is 28.7 Å². The number of aromatic nitrogens is 2. The molecule has 1 aromatic carbocycles. The van der Waals surface area contributed by atoms with Crippen LogP contribution in [0.15, 0.2) is 41.6 Å². The van der Waals surface area contributed by atoms with E-state index in [2.05, 4.69) is 9.97 Å². The lowest BCUT2D eigenvalue weighted by Gasteiger charge is -2.14. The highest BCUT2D eigenvalue weighted by molar-refractivity contribution is 7.91. The van der Waals surface area contributed by atoms with Crippen molar-refractivity contribution in [3.8, 4) is 0 Å². The van der Waals surface area contributed by atoms with E-state index in [4.69, 9.17) is 5.73 Å². The molecule has 0 aliphatic carbocycles. The van der Waals surface area contributed by atoms with Crippen molar-refractivity contribution in [1.29, 1.82) is 0 Å². The number of sulfone groups is 1. The van der Waals surface area contributed by atoms with Gasteiger partial charge in [-0.15, -0.1) is 0 Å². The third-order valence-electron chi connectivity index (χ3n) is 3.47. The fourth-order valence-electron chi connectivity index (χ4n) is 2.06. The van der Waals surface area contributed by atoms with Gasteiger partial charge in [-0.25, -0.2) is 18.4 Å². The minimum Gasteiger partial charge on any atom is -0.395 e. The third kappa shape index (κ3) is 3.72. The van der Waals surface area contributed by atoms with E-state index < -0.39 is 21.7 Å². The van der Waals surface area contributed by atoms with Gasteiger partial charge in [-0.1, -0.05) is 19.1 Å². The number of hydrogen-bond acceptors (Lipinski definition) is 6. The summed E-state index contributed by atoms with van der Waals surface area (Å²) in [5.74, 6) is -0.807. The number of amides is 1. The van der Waals surface area contributed by atoms with Crippen LogP contribution in [0.1, 0.15) is 34.6 Å². The molecule has 3 N–H and O–H groups in total. The monoisotopic (exact) mass is 335 g/mol. The molecule has 8 heteroatoms. The molecule has 1 amide bonds. The zero-order valence-electron chi connectivity index (χ0n) is 12.5. The molecule has 0 fully saturated rings. The molecule has 7 nitrogen and oxygen atoms in total. The minimum absolute atomic E-state index is 0.0213. The Morgan fingerprint density at radius 2 is 1.78 bits per heavy atom. The fraction of sp³-hybridized carbons (Fsp3) is 0.267. The third-order valence-corrected chi connectivity index (χ3v) is 5.22. The number of carbonyl (C=O) groups is 1. The first-order valence-corrected chi connectivity index (χ1v) is 8.59. The SMILES string of the molecule is CCS(=O)(=O)c1ccc([C@@H](CO)c2ncc(C(N)=O)cn2)cc1. The Kier molecular flexibility index (Phi) is 5.07. The zero-order valence-corrected chi connectivity index (χ0v) is 13.3. The minimum atomic E-state index is -3.27. The van der Waals surface area contributed by atoms with E-state index in [-0.39, 0.29) is 22.8 Å². The summed E-state index contributed by atoms with van der Waals surface area (Å²) in [4.78, 5) is 19.3. The molecule has 0 radical (unpaired) electrons. The number of primary amides is 1. The summed E-state index contributed by atoms with van der Waals surface area (Å²) in [6.07, 6.45) is 2.59. The summed E-state index contributed by atoms with van der Waals surface area (Å²) in [7, 11) is -3.27. The molecule has 0 aliphatic heterocycles. The number of nitrogens with zero attached hydrogens (tertiary/aromatic N) is 2. The Hall–Kier alpha value is -2.32. The van der Waals surface area contributed by atoms with Crippen molar-refractivity contribution in [2.24, 2.45) is 5.73 Å². The summed E-state index contributed by atoms with van der Waals surface area (Å²) < 4.78 is 23.6. The average molecular weight is 335 g/mol. The summed E-state index contributed by atoms with van der Waals surface area (Å²) >= 11 is 0. The Morgan fingerprint density at radius 3 is 2.22 bits per heavy atom. The topological polar surface area (TPSA) is 123 Å². The molecular weight excluding hydrogens is 318 g/mol. The van der Waals surface area contributed by atoms with Crippen LogP contribution in [-0.2, 0) is 9.84 Å². The summed E-state index contributed by atoms with van der Waals surface area (Å²) in [6.45, 7) is 1.32. The van der Waals surface area contributed by atoms with Crippen molar-refractivity contribution in [2.75, 3.05) is 12.4 Å². The average Bonchev–Trinajstić information content (AvgIpc) is 2.56. The molecule has 0 bridgehead atoms. The van der Waals surface area contributed by atoms with Crippen molar-refractivity contribution in [1.82, 2.24) is 9.97 Å². The van der Waals surface area contributed by atoms with Crippen LogP contribution in [0.3, 0.4) is 0 Å². The van der Waals surface area contributed by atoms with Gasteiger partial charge in [0.2, 0.25) is 0 Å². The van der Waals surface area contributed by atoms with Crippen molar-refractivity contribution in [2.45, 2.75) is 17.7 Å². The first kappa shape index (κ1) is 17.0. The molecule has 1 aromatic heterocycles. The first-order valence-electron chi connectivity index (χ1n) is 6.94. The number of aliphatic hydroxyl groups is 1. The molecule has 122 valence electrons. The van der Waals surface area contributed by atoms with Crippen LogP contribution < -0.4 is 5.73 Å². The van der Waals surface area contributed by atoms with Crippen LogP contribution in [0, 0.1) is 0 Å². The summed E-state index contributed by atoms with van der Waals surface area (Å²) in [5.41, 5.74) is 5.98. The van der Waals surface area contributed by atoms with Crippen LogP contribution in [0.4, 0.5) is 0 Å². The Labute approximate surface area is 134 Å². The number of carbonyl (C=O) groups excluding carboxylic acids is 1. The standard InChI is InChI=1S/C15H17N3O4S/c1-2-23(21,22)12-5-3-10(4-6-12)13(9-19)15-17-7-11(8-18-15)14(16)20/h3-8,13,19H,2,9H2,1H3,(H2,16,20)/t13-/m1/s1. The van der Waals surface area contributed by atoms with Gasteiger partial charge in [-0.3, -0.25) is 4.79 Å².